The summed E-state index contributed by atoms with van der Waals surface area (Å²) >= 11 is 0. The fraction of sp³-hybridized carbons (Fsp3) is 0.200. The highest BCUT2D eigenvalue weighted by Gasteiger charge is 2.38. The monoisotopic (exact) mass is 565 g/mol. The number of nitrogens with zero attached hydrogens (tertiary/aromatic N) is 1. The molecule has 1 atom stereocenters. The number of hydrogen-bond donors (Lipinski definition) is 3. The topological polar surface area (TPSA) is 100 Å². The number of rotatable bonds is 7. The summed E-state index contributed by atoms with van der Waals surface area (Å²) in [6.45, 7) is 2.34. The summed E-state index contributed by atoms with van der Waals surface area (Å²) in [5.41, 5.74) is 1.21. The fourth-order valence-electron chi connectivity index (χ4n) is 5.25. The van der Waals surface area contributed by atoms with Gasteiger partial charge in [0, 0.05) is 35.2 Å². The molecule has 1 aliphatic heterocycles. The van der Waals surface area contributed by atoms with Crippen LogP contribution in [0.4, 0.5) is 17.6 Å². The van der Waals surface area contributed by atoms with Gasteiger partial charge in [0.15, 0.2) is 11.6 Å². The van der Waals surface area contributed by atoms with Crippen LogP contribution in [0, 0.1) is 23.3 Å². The molecule has 0 spiro atoms. The number of H-pyrrole nitrogens is 2. The molecule has 0 saturated heterocycles. The first-order valence-corrected chi connectivity index (χ1v) is 12.8. The number of para-hydroxylation sites is 1. The Morgan fingerprint density at radius 2 is 1.93 bits per heavy atom. The SMILES string of the molecule is C[C@]1(c2c[nH]c(-c3cc(Oc4c(F)c(F)c5[nH]ccc5c4F)ccc3F)n2)CCOc2c(CCC(=O)O)cccc21. The predicted molar refractivity (Wildman–Crippen MR) is 141 cm³/mol. The van der Waals surface area contributed by atoms with Crippen molar-refractivity contribution in [2.24, 2.45) is 0 Å². The van der Waals surface area contributed by atoms with Crippen LogP contribution in [0.3, 0.4) is 0 Å². The first-order valence-electron chi connectivity index (χ1n) is 12.8. The number of carbonyl (C=O) groups is 1. The number of imidazole rings is 1. The number of ether oxygens (including phenoxy) is 2. The van der Waals surface area contributed by atoms with E-state index in [0.717, 1.165) is 17.2 Å². The molecule has 2 aromatic heterocycles. The van der Waals surface area contributed by atoms with Gasteiger partial charge < -0.3 is 24.5 Å². The third-order valence-electron chi connectivity index (χ3n) is 7.50. The van der Waals surface area contributed by atoms with Gasteiger partial charge in [-0.15, -0.1) is 0 Å². The maximum atomic E-state index is 15.0. The van der Waals surface area contributed by atoms with E-state index in [9.17, 15) is 22.4 Å². The summed E-state index contributed by atoms with van der Waals surface area (Å²) in [6, 6.07) is 10.3. The number of carboxylic acid groups (broad SMARTS) is 1. The maximum Gasteiger partial charge on any atom is 0.303 e. The van der Waals surface area contributed by atoms with Gasteiger partial charge in [0.1, 0.15) is 23.1 Å². The highest BCUT2D eigenvalue weighted by Crippen LogP contribution is 2.45. The van der Waals surface area contributed by atoms with E-state index in [1.165, 1.54) is 24.4 Å². The Morgan fingerprint density at radius 1 is 1.10 bits per heavy atom. The van der Waals surface area contributed by atoms with E-state index in [1.807, 2.05) is 25.1 Å². The van der Waals surface area contributed by atoms with Crippen molar-refractivity contribution in [1.29, 1.82) is 0 Å². The molecule has 11 heteroatoms. The zero-order chi connectivity index (χ0) is 28.9. The zero-order valence-corrected chi connectivity index (χ0v) is 21.7. The minimum absolute atomic E-state index is 0.0242. The summed E-state index contributed by atoms with van der Waals surface area (Å²) in [4.78, 5) is 21.2. The molecule has 41 heavy (non-hydrogen) atoms. The normalized spacial score (nSPS) is 16.4. The number of carboxylic acids is 1. The lowest BCUT2D eigenvalue weighted by Gasteiger charge is -2.35. The largest absolute Gasteiger partial charge is 0.493 e. The van der Waals surface area contributed by atoms with Crippen molar-refractivity contribution in [3.8, 4) is 28.6 Å². The highest BCUT2D eigenvalue weighted by atomic mass is 19.2. The van der Waals surface area contributed by atoms with Crippen molar-refractivity contribution in [1.82, 2.24) is 15.0 Å². The van der Waals surface area contributed by atoms with Crippen molar-refractivity contribution in [3.63, 3.8) is 0 Å². The number of nitrogens with one attached hydrogen (secondary N) is 2. The Hall–Kier alpha value is -4.80. The van der Waals surface area contributed by atoms with Crippen LogP contribution in [-0.4, -0.2) is 32.6 Å². The molecule has 6 rings (SSSR count). The van der Waals surface area contributed by atoms with Crippen LogP contribution in [0.1, 0.15) is 36.6 Å². The van der Waals surface area contributed by atoms with Gasteiger partial charge in [0.05, 0.1) is 23.4 Å². The molecule has 3 heterocycles. The summed E-state index contributed by atoms with van der Waals surface area (Å²) < 4.78 is 70.3. The number of benzene rings is 3. The second-order valence-corrected chi connectivity index (χ2v) is 10.0. The lowest BCUT2D eigenvalue weighted by molar-refractivity contribution is -0.136. The van der Waals surface area contributed by atoms with Crippen molar-refractivity contribution in [2.45, 2.75) is 31.6 Å². The molecule has 7 nitrogen and oxygen atoms in total. The first-order chi connectivity index (χ1) is 19.7. The first kappa shape index (κ1) is 26.4. The van der Waals surface area contributed by atoms with Gasteiger partial charge in [0.25, 0.3) is 0 Å². The summed E-state index contributed by atoms with van der Waals surface area (Å²) in [7, 11) is 0. The Labute approximate surface area is 230 Å². The highest BCUT2D eigenvalue weighted by molar-refractivity contribution is 5.82. The molecule has 1 aliphatic rings. The lowest BCUT2D eigenvalue weighted by atomic mass is 9.74. The van der Waals surface area contributed by atoms with Crippen molar-refractivity contribution >= 4 is 16.9 Å². The standard InChI is InChI=1S/C30H23F4N3O4/c1-30(10-12-40-27-15(5-8-22(38)39)3-2-4-19(27)30)21-14-36-29(37-21)18-13-16(6-7-20(18)31)41-28-23(32)17-9-11-35-26(17)24(33)25(28)34/h2-4,6-7,9,11,13-14,35H,5,8,10,12H2,1H3,(H,36,37)(H,38,39)/t30-/m0/s1. The van der Waals surface area contributed by atoms with Crippen LogP contribution >= 0.6 is 0 Å². The Morgan fingerprint density at radius 3 is 2.73 bits per heavy atom. The third kappa shape index (κ3) is 4.47. The van der Waals surface area contributed by atoms with Crippen molar-refractivity contribution in [3.05, 3.63) is 94.9 Å². The number of aromatic nitrogens is 3. The predicted octanol–water partition coefficient (Wildman–Crippen LogP) is 7.01. The number of aliphatic carboxylic acids is 1. The van der Waals surface area contributed by atoms with E-state index in [2.05, 4.69) is 15.0 Å². The molecular formula is C30H23F4N3O4. The molecule has 0 unspecified atom stereocenters. The quantitative estimate of drug-likeness (QED) is 0.146. The maximum absolute atomic E-state index is 15.0. The lowest BCUT2D eigenvalue weighted by Crippen LogP contribution is -2.32. The van der Waals surface area contributed by atoms with E-state index in [1.54, 1.807) is 6.20 Å². The van der Waals surface area contributed by atoms with Gasteiger partial charge in [0.2, 0.25) is 11.6 Å². The van der Waals surface area contributed by atoms with E-state index < -0.39 is 40.4 Å². The molecule has 0 bridgehead atoms. The molecule has 0 radical (unpaired) electrons. The van der Waals surface area contributed by atoms with Gasteiger partial charge in [-0.1, -0.05) is 18.2 Å². The van der Waals surface area contributed by atoms with Crippen LogP contribution in [0.15, 0.2) is 54.9 Å². The summed E-state index contributed by atoms with van der Waals surface area (Å²) in [5.74, 6) is -5.80. The molecule has 210 valence electrons. The third-order valence-corrected chi connectivity index (χ3v) is 7.50. The summed E-state index contributed by atoms with van der Waals surface area (Å²) in [5, 5.41) is 8.93. The van der Waals surface area contributed by atoms with Crippen molar-refractivity contribution < 1.29 is 36.9 Å². The Kier molecular flexibility index (Phi) is 6.44. The summed E-state index contributed by atoms with van der Waals surface area (Å²) in [6.07, 6.45) is 3.75. The van der Waals surface area contributed by atoms with Crippen LogP contribution in [0.2, 0.25) is 0 Å². The van der Waals surface area contributed by atoms with E-state index in [-0.39, 0.29) is 34.5 Å². The minimum Gasteiger partial charge on any atom is -0.493 e. The smallest absolute Gasteiger partial charge is 0.303 e. The molecule has 3 N–H and O–H groups in total. The fourth-order valence-corrected chi connectivity index (χ4v) is 5.25. The van der Waals surface area contributed by atoms with Crippen LogP contribution in [0.5, 0.6) is 17.2 Å². The number of halogens is 4. The molecule has 0 amide bonds. The number of aromatic amines is 2. The zero-order valence-electron chi connectivity index (χ0n) is 21.7. The molecular weight excluding hydrogens is 542 g/mol. The van der Waals surface area contributed by atoms with E-state index >= 15 is 0 Å². The van der Waals surface area contributed by atoms with Gasteiger partial charge in [-0.25, -0.2) is 18.2 Å². The van der Waals surface area contributed by atoms with E-state index in [0.29, 0.717) is 30.9 Å². The molecule has 0 saturated carbocycles. The average molecular weight is 566 g/mol. The number of aryl methyl sites for hydroxylation is 1. The number of fused-ring (bicyclic) bond motifs is 2. The van der Waals surface area contributed by atoms with Gasteiger partial charge in [-0.3, -0.25) is 4.79 Å². The molecule has 0 aliphatic carbocycles. The van der Waals surface area contributed by atoms with Gasteiger partial charge in [-0.05, 0) is 49.6 Å². The Balaban J connectivity index is 1.34. The second-order valence-electron chi connectivity index (χ2n) is 10.0. The molecule has 5 aromatic rings. The minimum atomic E-state index is -1.52. The number of hydrogen-bond acceptors (Lipinski definition) is 4. The van der Waals surface area contributed by atoms with Crippen molar-refractivity contribution in [2.75, 3.05) is 6.61 Å². The molecule has 0 fully saturated rings. The van der Waals surface area contributed by atoms with Crippen LogP contribution in [0.25, 0.3) is 22.3 Å². The van der Waals surface area contributed by atoms with Crippen LogP contribution in [-0.2, 0) is 16.6 Å². The van der Waals surface area contributed by atoms with Crippen LogP contribution < -0.4 is 9.47 Å². The molecule has 3 aromatic carbocycles. The average Bonchev–Trinajstić information content (AvgIpc) is 3.65. The van der Waals surface area contributed by atoms with Gasteiger partial charge in [-0.2, -0.15) is 4.39 Å². The second kappa shape index (κ2) is 9.99. The van der Waals surface area contributed by atoms with E-state index in [4.69, 9.17) is 14.6 Å². The van der Waals surface area contributed by atoms with Gasteiger partial charge >= 0.3 is 5.97 Å². The Bertz CT molecular complexity index is 1820.